The van der Waals surface area contributed by atoms with Gasteiger partial charge in [-0.2, -0.15) is 10.2 Å². The Morgan fingerprint density at radius 2 is 1.27 bits per heavy atom. The van der Waals surface area contributed by atoms with Crippen LogP contribution in [0.5, 0.6) is 11.5 Å². The molecule has 4 aromatic rings. The first kappa shape index (κ1) is 24.3. The fourth-order valence-electron chi connectivity index (χ4n) is 4.74. The highest BCUT2D eigenvalue weighted by molar-refractivity contribution is 6.14. The number of carbonyl (C=O) groups is 1. The molecule has 1 saturated carbocycles. The van der Waals surface area contributed by atoms with Crippen molar-refractivity contribution in [1.82, 2.24) is 19.6 Å². The molecule has 0 N–H and O–H groups in total. The highest BCUT2D eigenvalue weighted by Gasteiger charge is 2.21. The summed E-state index contributed by atoms with van der Waals surface area (Å²) in [4.78, 5) is 13.4. The third-order valence-electron chi connectivity index (χ3n) is 6.55. The summed E-state index contributed by atoms with van der Waals surface area (Å²) in [7, 11) is 3.34. The van der Waals surface area contributed by atoms with E-state index >= 15 is 0 Å². The van der Waals surface area contributed by atoms with E-state index in [0.29, 0.717) is 13.1 Å². The molecule has 0 unspecified atom stereocenters. The predicted molar refractivity (Wildman–Crippen MR) is 143 cm³/mol. The summed E-state index contributed by atoms with van der Waals surface area (Å²) < 4.78 is 14.8. The summed E-state index contributed by atoms with van der Waals surface area (Å²) >= 11 is 0. The summed E-state index contributed by atoms with van der Waals surface area (Å²) in [5.41, 5.74) is 5.66. The molecule has 1 aliphatic rings. The lowest BCUT2D eigenvalue weighted by atomic mass is 9.86. The monoisotopic (exact) mass is 494 g/mol. The second-order valence-electron chi connectivity index (χ2n) is 9.07. The average Bonchev–Trinajstić information content (AvgIpc) is 3.62. The van der Waals surface area contributed by atoms with Gasteiger partial charge < -0.3 is 9.47 Å². The molecule has 0 radical (unpaired) electrons. The maximum Gasteiger partial charge on any atom is 0.185 e. The van der Waals surface area contributed by atoms with Crippen LogP contribution in [-0.4, -0.2) is 39.6 Å². The lowest BCUT2D eigenvalue weighted by Crippen LogP contribution is -2.12. The molecule has 0 spiro atoms. The van der Waals surface area contributed by atoms with Crippen molar-refractivity contribution in [2.75, 3.05) is 14.2 Å². The average molecular weight is 495 g/mol. The Balaban J connectivity index is 1.40. The predicted octanol–water partition coefficient (Wildman–Crippen LogP) is 5.41. The van der Waals surface area contributed by atoms with Crippen LogP contribution in [0.15, 0.2) is 84.5 Å². The van der Waals surface area contributed by atoms with Gasteiger partial charge in [-0.3, -0.25) is 14.2 Å². The standard InChI is InChI=1S/C30H30N4O3/c1-36-28-10-8-22(18-26(28)20-33-14-4-12-31-33)16-24-6-3-7-25(30(24)35)17-23-9-11-29(37-2)27(19-23)21-34-15-5-13-32-34/h4-5,8-19H,3,6-7,20-21H2,1-2H3. The SMILES string of the molecule is COc1ccc(C=C2CCCC(=Cc3ccc(OC)c(Cn4cccn4)c3)C2=O)cc1Cn1cccn1. The number of methoxy groups -OCH3 is 2. The lowest BCUT2D eigenvalue weighted by Gasteiger charge is -2.17. The molecular weight excluding hydrogens is 464 g/mol. The van der Waals surface area contributed by atoms with Crippen LogP contribution in [0, 0.1) is 0 Å². The van der Waals surface area contributed by atoms with E-state index < -0.39 is 0 Å². The van der Waals surface area contributed by atoms with E-state index in [1.807, 2.05) is 70.3 Å². The number of rotatable bonds is 8. The number of hydrogen-bond acceptors (Lipinski definition) is 5. The molecule has 37 heavy (non-hydrogen) atoms. The van der Waals surface area contributed by atoms with Crippen molar-refractivity contribution in [3.63, 3.8) is 0 Å². The molecule has 188 valence electrons. The van der Waals surface area contributed by atoms with Gasteiger partial charge in [-0.15, -0.1) is 0 Å². The molecule has 0 atom stereocenters. The molecule has 2 heterocycles. The van der Waals surface area contributed by atoms with Gasteiger partial charge in [0.05, 0.1) is 27.3 Å². The Morgan fingerprint density at radius 1 is 0.784 bits per heavy atom. The van der Waals surface area contributed by atoms with E-state index in [0.717, 1.165) is 64.2 Å². The lowest BCUT2D eigenvalue weighted by molar-refractivity contribution is -0.112. The van der Waals surface area contributed by atoms with E-state index in [-0.39, 0.29) is 5.78 Å². The minimum absolute atomic E-state index is 0.111. The van der Waals surface area contributed by atoms with E-state index in [9.17, 15) is 4.79 Å². The zero-order valence-corrected chi connectivity index (χ0v) is 21.1. The number of Topliss-reactive ketones (excluding diaryl/α,β-unsaturated/α-hetero) is 1. The van der Waals surface area contributed by atoms with Gasteiger partial charge in [0.25, 0.3) is 0 Å². The second kappa shape index (κ2) is 11.1. The maximum absolute atomic E-state index is 13.4. The number of ether oxygens (including phenoxy) is 2. The fourth-order valence-corrected chi connectivity index (χ4v) is 4.74. The molecule has 7 nitrogen and oxygen atoms in total. The molecule has 0 saturated heterocycles. The van der Waals surface area contributed by atoms with Gasteiger partial charge in [-0.25, -0.2) is 0 Å². The normalized spacial score (nSPS) is 15.9. The highest BCUT2D eigenvalue weighted by atomic mass is 16.5. The minimum Gasteiger partial charge on any atom is -0.496 e. The fraction of sp³-hybridized carbons (Fsp3) is 0.233. The van der Waals surface area contributed by atoms with Crippen molar-refractivity contribution in [2.45, 2.75) is 32.4 Å². The van der Waals surface area contributed by atoms with Crippen LogP contribution in [0.3, 0.4) is 0 Å². The molecule has 0 amide bonds. The van der Waals surface area contributed by atoms with Crippen LogP contribution in [0.1, 0.15) is 41.5 Å². The van der Waals surface area contributed by atoms with Crippen LogP contribution < -0.4 is 9.47 Å². The van der Waals surface area contributed by atoms with Crippen LogP contribution in [0.25, 0.3) is 12.2 Å². The van der Waals surface area contributed by atoms with Crippen LogP contribution >= 0.6 is 0 Å². The smallest absolute Gasteiger partial charge is 0.185 e. The molecule has 1 fully saturated rings. The number of ketones is 1. The second-order valence-corrected chi connectivity index (χ2v) is 9.07. The summed E-state index contributed by atoms with van der Waals surface area (Å²) in [5, 5.41) is 8.61. The van der Waals surface area contributed by atoms with Gasteiger partial charge in [0.2, 0.25) is 0 Å². The first-order chi connectivity index (χ1) is 18.1. The molecule has 0 aliphatic heterocycles. The molecule has 7 heteroatoms. The first-order valence-corrected chi connectivity index (χ1v) is 12.4. The zero-order chi connectivity index (χ0) is 25.6. The summed E-state index contributed by atoms with van der Waals surface area (Å²) in [5.74, 6) is 1.72. The Kier molecular flexibility index (Phi) is 7.31. The Morgan fingerprint density at radius 3 is 1.68 bits per heavy atom. The largest absolute Gasteiger partial charge is 0.496 e. The van der Waals surface area contributed by atoms with Gasteiger partial charge >= 0.3 is 0 Å². The van der Waals surface area contributed by atoms with E-state index in [1.54, 1.807) is 26.6 Å². The quantitative estimate of drug-likeness (QED) is 0.306. The minimum atomic E-state index is 0.111. The number of nitrogens with zero attached hydrogens (tertiary/aromatic N) is 4. The number of benzene rings is 2. The molecule has 5 rings (SSSR count). The van der Waals surface area contributed by atoms with Gasteiger partial charge in [0, 0.05) is 47.1 Å². The Bertz CT molecular complexity index is 1330. The number of hydrogen-bond donors (Lipinski definition) is 0. The van der Waals surface area contributed by atoms with Crippen molar-refractivity contribution in [1.29, 1.82) is 0 Å². The van der Waals surface area contributed by atoms with Gasteiger partial charge in [0.15, 0.2) is 5.78 Å². The molecule has 0 bridgehead atoms. The number of carbonyl (C=O) groups excluding carboxylic acids is 1. The summed E-state index contributed by atoms with van der Waals surface area (Å²) in [6.45, 7) is 1.20. The first-order valence-electron chi connectivity index (χ1n) is 12.4. The Hall–Kier alpha value is -4.39. The van der Waals surface area contributed by atoms with Gasteiger partial charge in [-0.1, -0.05) is 12.1 Å². The van der Waals surface area contributed by atoms with Crippen LogP contribution in [0.4, 0.5) is 0 Å². The molecule has 1 aliphatic carbocycles. The van der Waals surface area contributed by atoms with Gasteiger partial charge in [0.1, 0.15) is 11.5 Å². The Labute approximate surface area is 216 Å². The topological polar surface area (TPSA) is 71.2 Å². The van der Waals surface area contributed by atoms with Crippen molar-refractivity contribution < 1.29 is 14.3 Å². The van der Waals surface area contributed by atoms with Crippen LogP contribution in [0.2, 0.25) is 0 Å². The van der Waals surface area contributed by atoms with E-state index in [2.05, 4.69) is 22.3 Å². The van der Waals surface area contributed by atoms with Gasteiger partial charge in [-0.05, 0) is 78.9 Å². The third-order valence-corrected chi connectivity index (χ3v) is 6.55. The zero-order valence-electron chi connectivity index (χ0n) is 21.1. The van der Waals surface area contributed by atoms with Crippen molar-refractivity contribution in [2.24, 2.45) is 0 Å². The van der Waals surface area contributed by atoms with Crippen molar-refractivity contribution in [3.8, 4) is 11.5 Å². The number of allylic oxidation sites excluding steroid dienone is 2. The molecule has 2 aromatic heterocycles. The van der Waals surface area contributed by atoms with E-state index in [4.69, 9.17) is 9.47 Å². The summed E-state index contributed by atoms with van der Waals surface area (Å²) in [6, 6.07) is 15.8. The van der Waals surface area contributed by atoms with E-state index in [1.165, 1.54) is 0 Å². The molecular formula is C30H30N4O3. The maximum atomic E-state index is 13.4. The third kappa shape index (κ3) is 5.72. The van der Waals surface area contributed by atoms with Crippen molar-refractivity contribution >= 4 is 17.9 Å². The molecule has 2 aromatic carbocycles. The summed E-state index contributed by atoms with van der Waals surface area (Å²) in [6.07, 6.45) is 13.9. The number of aromatic nitrogens is 4. The van der Waals surface area contributed by atoms with Crippen LogP contribution in [-0.2, 0) is 17.9 Å². The highest BCUT2D eigenvalue weighted by Crippen LogP contribution is 2.30. The van der Waals surface area contributed by atoms with Crippen molar-refractivity contribution in [3.05, 3.63) is 107 Å².